The first-order valence-corrected chi connectivity index (χ1v) is 8.28. The van der Waals surface area contributed by atoms with Gasteiger partial charge in [0.25, 0.3) is 0 Å². The van der Waals surface area contributed by atoms with Crippen LogP contribution in [0.3, 0.4) is 0 Å². The number of hydrogen-bond donors (Lipinski definition) is 2. The fourth-order valence-corrected chi connectivity index (χ4v) is 1.88. The van der Waals surface area contributed by atoms with Gasteiger partial charge >= 0.3 is 6.09 Å². The molecule has 0 unspecified atom stereocenters. The van der Waals surface area contributed by atoms with E-state index in [9.17, 15) is 4.79 Å². The Kier molecular flexibility index (Phi) is 8.16. The lowest BCUT2D eigenvalue weighted by atomic mass is 10.2. The molecular formula is C16H32N4O3. The van der Waals surface area contributed by atoms with Gasteiger partial charge in [0.15, 0.2) is 5.96 Å². The van der Waals surface area contributed by atoms with Crippen LogP contribution in [0, 0.1) is 5.92 Å². The number of nitrogens with one attached hydrogen (secondary N) is 2. The number of amides is 1. The molecule has 0 aromatic carbocycles. The molecule has 7 heteroatoms. The van der Waals surface area contributed by atoms with E-state index in [-0.39, 0.29) is 0 Å². The maximum absolute atomic E-state index is 11.5. The lowest BCUT2D eigenvalue weighted by molar-refractivity contribution is 0.0529. The molecule has 1 rings (SSSR count). The quantitative estimate of drug-likeness (QED) is 0.401. The number of carbonyl (C=O) groups excluding carboxylic acids is 1. The average Bonchev–Trinajstić information content (AvgIpc) is 3.25. The van der Waals surface area contributed by atoms with E-state index in [1.807, 2.05) is 32.7 Å². The second-order valence-electron chi connectivity index (χ2n) is 6.84. The normalized spacial score (nSPS) is 15.3. The standard InChI is InChI=1S/C16H32N4O3/c1-16(2,3)23-15(21)19-9-8-18-14(17-4)20(5)10-11-22-12-13-6-7-13/h13H,6-12H2,1-5H3,(H,17,18)(H,19,21). The van der Waals surface area contributed by atoms with E-state index >= 15 is 0 Å². The molecule has 23 heavy (non-hydrogen) atoms. The third-order valence-electron chi connectivity index (χ3n) is 3.27. The van der Waals surface area contributed by atoms with Crippen LogP contribution in [0.5, 0.6) is 0 Å². The van der Waals surface area contributed by atoms with Crippen LogP contribution < -0.4 is 10.6 Å². The second kappa shape index (κ2) is 9.60. The van der Waals surface area contributed by atoms with Gasteiger partial charge in [-0.15, -0.1) is 0 Å². The molecule has 0 spiro atoms. The summed E-state index contributed by atoms with van der Waals surface area (Å²) in [7, 11) is 3.71. The minimum atomic E-state index is -0.478. The predicted molar refractivity (Wildman–Crippen MR) is 91.8 cm³/mol. The number of ether oxygens (including phenoxy) is 2. The number of carbonyl (C=O) groups is 1. The zero-order valence-electron chi connectivity index (χ0n) is 15.1. The molecule has 7 nitrogen and oxygen atoms in total. The van der Waals surface area contributed by atoms with Crippen molar-refractivity contribution in [1.29, 1.82) is 0 Å². The number of nitrogens with zero attached hydrogens (tertiary/aromatic N) is 2. The Morgan fingerprint density at radius 2 is 1.91 bits per heavy atom. The molecule has 0 heterocycles. The predicted octanol–water partition coefficient (Wildman–Crippen LogP) is 1.44. The van der Waals surface area contributed by atoms with Crippen LogP contribution in [0.4, 0.5) is 4.79 Å². The van der Waals surface area contributed by atoms with Gasteiger partial charge in [-0.05, 0) is 39.5 Å². The van der Waals surface area contributed by atoms with Crippen molar-refractivity contribution in [2.45, 2.75) is 39.2 Å². The number of guanidine groups is 1. The van der Waals surface area contributed by atoms with Crippen LogP contribution in [-0.4, -0.2) is 69.5 Å². The van der Waals surface area contributed by atoms with Crippen molar-refractivity contribution < 1.29 is 14.3 Å². The van der Waals surface area contributed by atoms with Crippen molar-refractivity contribution in [2.24, 2.45) is 10.9 Å². The van der Waals surface area contributed by atoms with Gasteiger partial charge in [-0.2, -0.15) is 0 Å². The van der Waals surface area contributed by atoms with Gasteiger partial charge in [-0.3, -0.25) is 4.99 Å². The van der Waals surface area contributed by atoms with E-state index in [1.165, 1.54) is 12.8 Å². The van der Waals surface area contributed by atoms with Gasteiger partial charge in [0, 0.05) is 40.3 Å². The smallest absolute Gasteiger partial charge is 0.407 e. The van der Waals surface area contributed by atoms with E-state index in [0.717, 1.165) is 25.0 Å². The van der Waals surface area contributed by atoms with Crippen LogP contribution in [0.1, 0.15) is 33.6 Å². The highest BCUT2D eigenvalue weighted by Gasteiger charge is 2.21. The molecule has 0 aromatic rings. The maximum atomic E-state index is 11.5. The minimum absolute atomic E-state index is 0.406. The van der Waals surface area contributed by atoms with Crippen molar-refractivity contribution in [3.63, 3.8) is 0 Å². The molecule has 0 aliphatic heterocycles. The highest BCUT2D eigenvalue weighted by Crippen LogP contribution is 2.28. The first-order valence-electron chi connectivity index (χ1n) is 8.28. The van der Waals surface area contributed by atoms with Crippen molar-refractivity contribution in [3.8, 4) is 0 Å². The fraction of sp³-hybridized carbons (Fsp3) is 0.875. The molecule has 1 fully saturated rings. The van der Waals surface area contributed by atoms with E-state index in [2.05, 4.69) is 15.6 Å². The van der Waals surface area contributed by atoms with Crippen LogP contribution in [0.15, 0.2) is 4.99 Å². The Balaban J connectivity index is 2.10. The third-order valence-corrected chi connectivity index (χ3v) is 3.27. The van der Waals surface area contributed by atoms with Crippen molar-refractivity contribution in [1.82, 2.24) is 15.5 Å². The monoisotopic (exact) mass is 328 g/mol. The van der Waals surface area contributed by atoms with Crippen molar-refractivity contribution in [2.75, 3.05) is 46.9 Å². The van der Waals surface area contributed by atoms with Gasteiger partial charge in [0.1, 0.15) is 5.60 Å². The summed E-state index contributed by atoms with van der Waals surface area (Å²) in [4.78, 5) is 17.8. The highest BCUT2D eigenvalue weighted by atomic mass is 16.6. The number of rotatable bonds is 8. The molecule has 1 saturated carbocycles. The molecule has 1 amide bonds. The molecule has 0 radical (unpaired) electrons. The molecule has 0 saturated heterocycles. The van der Waals surface area contributed by atoms with Gasteiger partial charge in [-0.1, -0.05) is 0 Å². The molecular weight excluding hydrogens is 296 g/mol. The number of likely N-dealkylation sites (N-methyl/N-ethyl adjacent to an activating group) is 1. The van der Waals surface area contributed by atoms with E-state index in [0.29, 0.717) is 19.7 Å². The lowest BCUT2D eigenvalue weighted by Gasteiger charge is -2.22. The number of alkyl carbamates (subject to hydrolysis) is 1. The number of hydrogen-bond acceptors (Lipinski definition) is 4. The molecule has 0 bridgehead atoms. The number of aliphatic imine (C=N–C) groups is 1. The summed E-state index contributed by atoms with van der Waals surface area (Å²) in [5.41, 5.74) is -0.478. The SMILES string of the molecule is CN=C(NCCNC(=O)OC(C)(C)C)N(C)CCOCC1CC1. The highest BCUT2D eigenvalue weighted by molar-refractivity contribution is 5.79. The van der Waals surface area contributed by atoms with Crippen molar-refractivity contribution >= 4 is 12.1 Å². The summed E-state index contributed by atoms with van der Waals surface area (Å²) >= 11 is 0. The largest absolute Gasteiger partial charge is 0.444 e. The zero-order chi connectivity index (χ0) is 17.3. The van der Waals surface area contributed by atoms with Gasteiger partial charge in [0.05, 0.1) is 6.61 Å². The van der Waals surface area contributed by atoms with E-state index in [4.69, 9.17) is 9.47 Å². The van der Waals surface area contributed by atoms with E-state index < -0.39 is 11.7 Å². The first kappa shape index (κ1) is 19.5. The third kappa shape index (κ3) is 9.99. The molecule has 2 N–H and O–H groups in total. The molecule has 1 aliphatic carbocycles. The summed E-state index contributed by atoms with van der Waals surface area (Å²) in [5, 5.41) is 5.91. The molecule has 0 aromatic heterocycles. The summed E-state index contributed by atoms with van der Waals surface area (Å²) in [6.45, 7) is 8.93. The van der Waals surface area contributed by atoms with Crippen LogP contribution in [0.2, 0.25) is 0 Å². The van der Waals surface area contributed by atoms with Gasteiger partial charge in [0.2, 0.25) is 0 Å². The summed E-state index contributed by atoms with van der Waals surface area (Å²) in [5.74, 6) is 1.57. The minimum Gasteiger partial charge on any atom is -0.444 e. The Hall–Kier alpha value is -1.50. The van der Waals surface area contributed by atoms with E-state index in [1.54, 1.807) is 7.05 Å². The molecule has 1 aliphatic rings. The summed E-state index contributed by atoms with van der Waals surface area (Å²) in [6.07, 6.45) is 2.21. The van der Waals surface area contributed by atoms with Crippen LogP contribution in [0.25, 0.3) is 0 Å². The van der Waals surface area contributed by atoms with Crippen LogP contribution >= 0.6 is 0 Å². The summed E-state index contributed by atoms with van der Waals surface area (Å²) in [6, 6.07) is 0. The molecule has 134 valence electrons. The Morgan fingerprint density at radius 1 is 1.26 bits per heavy atom. The second-order valence-corrected chi connectivity index (χ2v) is 6.84. The van der Waals surface area contributed by atoms with Gasteiger partial charge in [-0.25, -0.2) is 4.79 Å². The Labute approximate surface area is 139 Å². The lowest BCUT2D eigenvalue weighted by Crippen LogP contribution is -2.44. The summed E-state index contributed by atoms with van der Waals surface area (Å²) < 4.78 is 10.8. The zero-order valence-corrected chi connectivity index (χ0v) is 15.1. The van der Waals surface area contributed by atoms with Crippen LogP contribution in [-0.2, 0) is 9.47 Å². The average molecular weight is 328 g/mol. The first-order chi connectivity index (χ1) is 10.8. The Morgan fingerprint density at radius 3 is 2.48 bits per heavy atom. The van der Waals surface area contributed by atoms with Crippen molar-refractivity contribution in [3.05, 3.63) is 0 Å². The maximum Gasteiger partial charge on any atom is 0.407 e. The molecule has 0 atom stereocenters. The topological polar surface area (TPSA) is 75.2 Å². The van der Waals surface area contributed by atoms with Gasteiger partial charge < -0.3 is 25.0 Å². The fourth-order valence-electron chi connectivity index (χ4n) is 1.88. The Bertz CT molecular complexity index is 389.